The summed E-state index contributed by atoms with van der Waals surface area (Å²) in [5.41, 5.74) is 0. The van der Waals surface area contributed by atoms with Crippen LogP contribution in [0.2, 0.25) is 0 Å². The fourth-order valence-corrected chi connectivity index (χ4v) is 3.73. The lowest BCUT2D eigenvalue weighted by atomic mass is 10.1. The molecule has 0 heterocycles. The van der Waals surface area contributed by atoms with E-state index in [9.17, 15) is 9.59 Å². The number of hydrogen-bond donors (Lipinski definition) is 1. The molecule has 0 saturated carbocycles. The van der Waals surface area contributed by atoms with Crippen LogP contribution in [0.4, 0.5) is 0 Å². The number of rotatable bonds is 34. The summed E-state index contributed by atoms with van der Waals surface area (Å²) in [5.74, 6) is -1.19. The molecule has 0 amide bonds. The average Bonchev–Trinajstić information content (AvgIpc) is 2.94. The Labute approximate surface area is 242 Å². The molecule has 0 aromatic heterocycles. The summed E-state index contributed by atoms with van der Waals surface area (Å²) >= 11 is 0. The van der Waals surface area contributed by atoms with Gasteiger partial charge in [0.1, 0.15) is 6.61 Å². The van der Waals surface area contributed by atoms with E-state index in [1.54, 1.807) is 0 Å². The maximum Gasteiger partial charge on any atom is 0.305 e. The van der Waals surface area contributed by atoms with E-state index in [4.69, 9.17) is 38.3 Å². The van der Waals surface area contributed by atoms with E-state index in [1.165, 1.54) is 57.8 Å². The molecule has 0 bridgehead atoms. The largest absolute Gasteiger partial charge is 0.481 e. The lowest BCUT2D eigenvalue weighted by Crippen LogP contribution is -2.15. The Bertz CT molecular complexity index is 533. The summed E-state index contributed by atoms with van der Waals surface area (Å²) in [6, 6.07) is 0. The van der Waals surface area contributed by atoms with Crippen molar-refractivity contribution >= 4 is 11.9 Å². The van der Waals surface area contributed by atoms with Gasteiger partial charge in [0, 0.05) is 19.4 Å². The molecule has 0 rings (SSSR count). The molecule has 0 fully saturated rings. The van der Waals surface area contributed by atoms with Crippen LogP contribution in [0.15, 0.2) is 0 Å². The normalized spacial score (nSPS) is 11.2. The minimum atomic E-state index is -0.854. The predicted molar refractivity (Wildman–Crippen MR) is 154 cm³/mol. The Balaban J connectivity index is 3.09. The highest BCUT2D eigenvalue weighted by Crippen LogP contribution is 2.10. The van der Waals surface area contributed by atoms with Crippen molar-refractivity contribution < 1.29 is 47.9 Å². The molecule has 0 radical (unpaired) electrons. The van der Waals surface area contributed by atoms with Gasteiger partial charge in [-0.05, 0) is 19.3 Å². The van der Waals surface area contributed by atoms with E-state index in [0.29, 0.717) is 85.5 Å². The van der Waals surface area contributed by atoms with Gasteiger partial charge in [-0.3, -0.25) is 9.59 Å². The first-order valence-corrected chi connectivity index (χ1v) is 15.5. The van der Waals surface area contributed by atoms with Gasteiger partial charge in [-0.25, -0.2) is 0 Å². The van der Waals surface area contributed by atoms with Crippen LogP contribution in [0.1, 0.15) is 96.8 Å². The number of hydrogen-bond acceptors (Lipinski definition) is 9. The van der Waals surface area contributed by atoms with Crippen LogP contribution in [0.3, 0.4) is 0 Å². The molecule has 0 aliphatic heterocycles. The van der Waals surface area contributed by atoms with Crippen molar-refractivity contribution in [3.05, 3.63) is 0 Å². The first-order chi connectivity index (χ1) is 19.7. The Hall–Kier alpha value is -1.30. The molecular formula is C30H58O10. The maximum atomic E-state index is 11.5. The van der Waals surface area contributed by atoms with Crippen LogP contribution in [0.25, 0.3) is 0 Å². The van der Waals surface area contributed by atoms with Gasteiger partial charge in [-0.1, -0.05) is 64.7 Å². The minimum Gasteiger partial charge on any atom is -0.481 e. The number of carboxylic acids is 1. The molecular weight excluding hydrogens is 520 g/mol. The summed E-state index contributed by atoms with van der Waals surface area (Å²) in [5, 5.41) is 8.54. The van der Waals surface area contributed by atoms with Gasteiger partial charge in [0.2, 0.25) is 0 Å². The molecule has 0 spiro atoms. The van der Waals surface area contributed by atoms with E-state index in [1.807, 2.05) is 0 Å². The van der Waals surface area contributed by atoms with Crippen LogP contribution in [0, 0.1) is 0 Å². The summed E-state index contributed by atoms with van der Waals surface area (Å²) in [7, 11) is 0. The van der Waals surface area contributed by atoms with E-state index < -0.39 is 5.97 Å². The van der Waals surface area contributed by atoms with Crippen molar-refractivity contribution in [3.63, 3.8) is 0 Å². The van der Waals surface area contributed by atoms with Crippen LogP contribution in [-0.2, 0) is 42.7 Å². The van der Waals surface area contributed by atoms with Gasteiger partial charge in [0.25, 0.3) is 0 Å². The number of unbranched alkanes of at least 4 members (excludes halogenated alkanes) is 10. The van der Waals surface area contributed by atoms with Crippen LogP contribution >= 0.6 is 0 Å². The fraction of sp³-hybridized carbons (Fsp3) is 0.933. The van der Waals surface area contributed by atoms with Crippen molar-refractivity contribution in [2.75, 3.05) is 85.9 Å². The highest BCUT2D eigenvalue weighted by molar-refractivity contribution is 5.69. The van der Waals surface area contributed by atoms with E-state index >= 15 is 0 Å². The molecule has 40 heavy (non-hydrogen) atoms. The summed E-state index contributed by atoms with van der Waals surface area (Å²) in [6.45, 7) is 8.69. The molecule has 0 aliphatic rings. The third-order valence-corrected chi connectivity index (χ3v) is 6.01. The first kappa shape index (κ1) is 38.7. The number of aliphatic carboxylic acids is 1. The zero-order chi connectivity index (χ0) is 29.2. The van der Waals surface area contributed by atoms with E-state index in [2.05, 4.69) is 6.92 Å². The summed E-state index contributed by atoms with van der Waals surface area (Å²) in [4.78, 5) is 21.9. The monoisotopic (exact) mass is 578 g/mol. The van der Waals surface area contributed by atoms with Crippen molar-refractivity contribution in [1.29, 1.82) is 0 Å². The summed E-state index contributed by atoms with van der Waals surface area (Å²) in [6.07, 6.45) is 14.6. The smallest absolute Gasteiger partial charge is 0.305 e. The molecule has 1 N–H and O–H groups in total. The van der Waals surface area contributed by atoms with Gasteiger partial charge in [-0.15, -0.1) is 0 Å². The first-order valence-electron chi connectivity index (χ1n) is 15.5. The molecule has 0 atom stereocenters. The van der Waals surface area contributed by atoms with Crippen molar-refractivity contribution in [2.24, 2.45) is 0 Å². The van der Waals surface area contributed by atoms with Crippen molar-refractivity contribution in [3.8, 4) is 0 Å². The molecule has 10 heteroatoms. The fourth-order valence-electron chi connectivity index (χ4n) is 3.73. The van der Waals surface area contributed by atoms with E-state index in [-0.39, 0.29) is 25.4 Å². The second kappa shape index (κ2) is 33.9. The highest BCUT2D eigenvalue weighted by atomic mass is 16.6. The van der Waals surface area contributed by atoms with Gasteiger partial charge in [0.05, 0.1) is 72.7 Å². The zero-order valence-corrected chi connectivity index (χ0v) is 25.2. The highest BCUT2D eigenvalue weighted by Gasteiger charge is 2.04. The number of ether oxygens (including phenoxy) is 7. The van der Waals surface area contributed by atoms with Gasteiger partial charge < -0.3 is 38.3 Å². The molecule has 0 aliphatic carbocycles. The maximum absolute atomic E-state index is 11.5. The SMILES string of the molecule is CCCCCCCCCCCCOCCOCCOCCOCCOCCOCCOC(=O)CCCCC(=O)O. The second-order valence-corrected chi connectivity index (χ2v) is 9.68. The Morgan fingerprint density at radius 3 is 1.20 bits per heavy atom. The number of carbonyl (C=O) groups excluding carboxylic acids is 1. The van der Waals surface area contributed by atoms with Crippen molar-refractivity contribution in [2.45, 2.75) is 96.8 Å². The van der Waals surface area contributed by atoms with Crippen LogP contribution < -0.4 is 0 Å². The summed E-state index contributed by atoms with van der Waals surface area (Å²) < 4.78 is 37.8. The molecule has 0 aromatic carbocycles. The number of carbonyl (C=O) groups is 2. The third kappa shape index (κ3) is 34.7. The van der Waals surface area contributed by atoms with Gasteiger partial charge in [0.15, 0.2) is 0 Å². The molecule has 238 valence electrons. The quantitative estimate of drug-likeness (QED) is 0.0806. The Morgan fingerprint density at radius 2 is 0.775 bits per heavy atom. The Morgan fingerprint density at radius 1 is 0.425 bits per heavy atom. The molecule has 10 nitrogen and oxygen atoms in total. The standard InChI is InChI=1S/C30H58O10/c1-2-3-4-5-6-7-8-9-10-13-16-34-17-18-35-19-20-36-21-22-37-23-24-38-25-26-39-27-28-40-30(33)15-12-11-14-29(31)32/h2-28H2,1H3,(H,31,32). The Kier molecular flexibility index (Phi) is 32.8. The van der Waals surface area contributed by atoms with Crippen LogP contribution in [0.5, 0.6) is 0 Å². The molecule has 0 aromatic rings. The number of esters is 1. The average molecular weight is 579 g/mol. The molecule has 0 saturated heterocycles. The van der Waals surface area contributed by atoms with Crippen LogP contribution in [-0.4, -0.2) is 103 Å². The third-order valence-electron chi connectivity index (χ3n) is 6.01. The minimum absolute atomic E-state index is 0.0702. The van der Waals surface area contributed by atoms with E-state index in [0.717, 1.165) is 13.0 Å². The van der Waals surface area contributed by atoms with Gasteiger partial charge in [-0.2, -0.15) is 0 Å². The lowest BCUT2D eigenvalue weighted by molar-refractivity contribution is -0.146. The lowest BCUT2D eigenvalue weighted by Gasteiger charge is -2.08. The van der Waals surface area contributed by atoms with Gasteiger partial charge >= 0.3 is 11.9 Å². The zero-order valence-electron chi connectivity index (χ0n) is 25.2. The topological polar surface area (TPSA) is 119 Å². The predicted octanol–water partition coefficient (Wildman–Crippen LogP) is 5.20. The number of carboxylic acid groups (broad SMARTS) is 1. The van der Waals surface area contributed by atoms with Crippen molar-refractivity contribution in [1.82, 2.24) is 0 Å². The second-order valence-electron chi connectivity index (χ2n) is 9.68. The molecule has 0 unspecified atom stereocenters.